The molecule has 2 rings (SSSR count). The van der Waals surface area contributed by atoms with Crippen molar-refractivity contribution in [3.63, 3.8) is 0 Å². The number of aliphatic hydroxyl groups excluding tert-OH is 4. The van der Waals surface area contributed by atoms with Gasteiger partial charge < -0.3 is 41.3 Å². The van der Waals surface area contributed by atoms with Crippen LogP contribution >= 0.6 is 0 Å². The van der Waals surface area contributed by atoms with E-state index in [0.717, 1.165) is 6.07 Å². The number of nitrogens with one attached hydrogen (secondary N) is 1. The van der Waals surface area contributed by atoms with E-state index in [2.05, 4.69) is 5.32 Å². The summed E-state index contributed by atoms with van der Waals surface area (Å²) in [6, 6.07) is 2.27. The number of fused-ring (bicyclic) bond motifs is 2. The zero-order valence-electron chi connectivity index (χ0n) is 22.8. The molecule has 0 spiro atoms. The molecule has 0 fully saturated rings. The van der Waals surface area contributed by atoms with Gasteiger partial charge in [-0.1, -0.05) is 26.0 Å². The molecule has 11 heteroatoms. The first-order chi connectivity index (χ1) is 18.3. The minimum Gasteiger partial charge on any atom is -0.505 e. The summed E-state index contributed by atoms with van der Waals surface area (Å²) in [5, 5.41) is 54.8. The molecule has 1 heterocycles. The number of hydrogen-bond donors (Lipinski definition) is 7. The predicted octanol–water partition coefficient (Wildman–Crippen LogP) is 2.89. The van der Waals surface area contributed by atoms with Crippen LogP contribution in [0.4, 0.5) is 14.9 Å². The lowest BCUT2D eigenvalue weighted by molar-refractivity contribution is -0.112. The van der Waals surface area contributed by atoms with Gasteiger partial charge in [-0.3, -0.25) is 4.79 Å². The van der Waals surface area contributed by atoms with Gasteiger partial charge in [-0.05, 0) is 50.7 Å². The van der Waals surface area contributed by atoms with Gasteiger partial charge in [0.1, 0.15) is 6.10 Å². The molecule has 1 aliphatic heterocycles. The Kier molecular flexibility index (Phi) is 11.9. The Morgan fingerprint density at radius 2 is 1.79 bits per heavy atom. The van der Waals surface area contributed by atoms with Crippen LogP contribution in [0.25, 0.3) is 0 Å². The molecule has 0 aromatic heterocycles. The molecule has 1 aromatic carbocycles. The molecule has 7 atom stereocenters. The lowest BCUT2D eigenvalue weighted by atomic mass is 9.81. The molecule has 1 aromatic rings. The zero-order chi connectivity index (χ0) is 29.4. The average Bonchev–Trinajstić information content (AvgIpc) is 2.88. The number of carbonyl (C=O) groups excluding carboxylic acids is 2. The summed E-state index contributed by atoms with van der Waals surface area (Å²) >= 11 is 0. The highest BCUT2D eigenvalue weighted by Crippen LogP contribution is 2.36. The van der Waals surface area contributed by atoms with Gasteiger partial charge in [-0.2, -0.15) is 0 Å². The molecular weight excluding hydrogens is 511 g/mol. The van der Waals surface area contributed by atoms with Crippen molar-refractivity contribution in [3.8, 4) is 5.75 Å². The molecule has 2 amide bonds. The number of halogens is 1. The third kappa shape index (κ3) is 8.50. The highest BCUT2D eigenvalue weighted by molar-refractivity contribution is 6.03. The molecule has 0 saturated heterocycles. The van der Waals surface area contributed by atoms with Crippen molar-refractivity contribution in [2.45, 2.75) is 65.3 Å². The van der Waals surface area contributed by atoms with Gasteiger partial charge in [-0.25, -0.2) is 9.18 Å². The van der Waals surface area contributed by atoms with Gasteiger partial charge in [-0.15, -0.1) is 0 Å². The quantitative estimate of drug-likeness (QED) is 0.279. The van der Waals surface area contributed by atoms with Gasteiger partial charge in [0.15, 0.2) is 11.6 Å². The molecular formula is C28H41FN2O8. The number of anilines is 1. The third-order valence-electron chi connectivity index (χ3n) is 7.35. The molecule has 0 radical (unpaired) electrons. The number of carbonyl (C=O) groups is 2. The van der Waals surface area contributed by atoms with Crippen LogP contribution in [0.3, 0.4) is 0 Å². The van der Waals surface area contributed by atoms with Crippen LogP contribution in [-0.4, -0.2) is 63.0 Å². The second kappa shape index (κ2) is 14.4. The van der Waals surface area contributed by atoms with Gasteiger partial charge in [0.25, 0.3) is 5.91 Å². The number of ether oxygens (including phenoxy) is 1. The second-order valence-electron chi connectivity index (χ2n) is 10.5. The first-order valence-electron chi connectivity index (χ1n) is 13.0. The van der Waals surface area contributed by atoms with Crippen molar-refractivity contribution in [1.29, 1.82) is 0 Å². The molecule has 10 nitrogen and oxygen atoms in total. The SMILES string of the molecule is C/C1=C\CC[C@H](CO)[C@@H](OC(N)=O)/C(C)=C/[C@H](C)[C@@H](O)[C@@H](CO)C[C@H](C)[C@@H](O)c2cc(cc(O)c2F)NC1=O. The second-order valence-corrected chi connectivity index (χ2v) is 10.5. The molecule has 2 bridgehead atoms. The highest BCUT2D eigenvalue weighted by atomic mass is 19.1. The fourth-order valence-electron chi connectivity index (χ4n) is 5.05. The van der Waals surface area contributed by atoms with E-state index in [1.807, 2.05) is 0 Å². The molecule has 8 N–H and O–H groups in total. The Morgan fingerprint density at radius 1 is 1.15 bits per heavy atom. The van der Waals surface area contributed by atoms with Gasteiger partial charge in [0.2, 0.25) is 0 Å². The molecule has 0 saturated carbocycles. The van der Waals surface area contributed by atoms with Crippen molar-refractivity contribution in [2.75, 3.05) is 18.5 Å². The summed E-state index contributed by atoms with van der Waals surface area (Å²) in [6.45, 7) is 5.80. The molecule has 39 heavy (non-hydrogen) atoms. The number of amides is 2. The average molecular weight is 553 g/mol. The minimum absolute atomic E-state index is 0.0705. The van der Waals surface area contributed by atoms with Crippen LogP contribution in [0.2, 0.25) is 0 Å². The van der Waals surface area contributed by atoms with Crippen molar-refractivity contribution in [3.05, 3.63) is 46.8 Å². The topological polar surface area (TPSA) is 183 Å². The summed E-state index contributed by atoms with van der Waals surface area (Å²) in [5.41, 5.74) is 5.97. The normalized spacial score (nSPS) is 32.3. The summed E-state index contributed by atoms with van der Waals surface area (Å²) in [7, 11) is 0. The number of phenolic OH excluding ortho intramolecular Hbond substituents is 1. The number of aliphatic hydroxyl groups is 4. The number of nitrogens with two attached hydrogens (primary N) is 1. The minimum atomic E-state index is -1.42. The lowest BCUT2D eigenvalue weighted by Crippen LogP contribution is -2.35. The van der Waals surface area contributed by atoms with Crippen LogP contribution < -0.4 is 11.1 Å². The Labute approximate surface area is 228 Å². The standard InChI is InChI=1S/C28H41FN2O8/c1-14-6-5-7-18(12-32)26(39-28(30)38)17(4)8-15(2)24(35)19(13-33)9-16(3)25(36)21-10-20(31-27(14)37)11-22(34)23(21)29/h6,8,10-11,15-16,18-19,24-26,32-36H,5,7,9,12-13H2,1-4H3,(H2,30,38)(H,31,37)/b14-6+,17-8+/t15-,16-,18+,19+,24+,25+,26-/m0/s1. The van der Waals surface area contributed by atoms with Gasteiger partial charge >= 0.3 is 6.09 Å². The van der Waals surface area contributed by atoms with Crippen LogP contribution in [0, 0.1) is 29.5 Å². The number of phenols is 1. The Bertz CT molecular complexity index is 1080. The molecule has 218 valence electrons. The third-order valence-corrected chi connectivity index (χ3v) is 7.35. The van der Waals surface area contributed by atoms with Crippen LogP contribution in [0.15, 0.2) is 35.4 Å². The van der Waals surface area contributed by atoms with Gasteiger partial charge in [0, 0.05) is 53.9 Å². The molecule has 0 unspecified atom stereocenters. The first-order valence-corrected chi connectivity index (χ1v) is 13.0. The van der Waals surface area contributed by atoms with Crippen molar-refractivity contribution in [2.24, 2.45) is 29.4 Å². The fourth-order valence-corrected chi connectivity index (χ4v) is 5.05. The Hall–Kier alpha value is -2.99. The number of primary amides is 1. The van der Waals surface area contributed by atoms with E-state index in [-0.39, 0.29) is 24.3 Å². The Balaban J connectivity index is 2.56. The van der Waals surface area contributed by atoms with Crippen LogP contribution in [-0.2, 0) is 9.53 Å². The monoisotopic (exact) mass is 552 g/mol. The zero-order valence-corrected chi connectivity index (χ0v) is 22.8. The molecule has 0 aliphatic carbocycles. The predicted molar refractivity (Wildman–Crippen MR) is 143 cm³/mol. The number of benzene rings is 1. The fraction of sp³-hybridized carbons (Fsp3) is 0.571. The number of aromatic hydroxyl groups is 1. The number of rotatable bonds is 3. The smallest absolute Gasteiger partial charge is 0.405 e. The van der Waals surface area contributed by atoms with Crippen LogP contribution in [0.1, 0.15) is 58.6 Å². The van der Waals surface area contributed by atoms with E-state index < -0.39 is 72.2 Å². The van der Waals surface area contributed by atoms with E-state index in [9.17, 15) is 39.5 Å². The summed E-state index contributed by atoms with van der Waals surface area (Å²) in [4.78, 5) is 24.4. The highest BCUT2D eigenvalue weighted by Gasteiger charge is 2.31. The maximum absolute atomic E-state index is 14.8. The van der Waals surface area contributed by atoms with Crippen molar-refractivity contribution < 1.29 is 44.2 Å². The maximum atomic E-state index is 14.8. The Morgan fingerprint density at radius 3 is 2.38 bits per heavy atom. The first kappa shape index (κ1) is 32.2. The van der Waals surface area contributed by atoms with Crippen molar-refractivity contribution in [1.82, 2.24) is 0 Å². The number of hydrogen-bond acceptors (Lipinski definition) is 8. The summed E-state index contributed by atoms with van der Waals surface area (Å²) in [6.07, 6.45) is -0.375. The van der Waals surface area contributed by atoms with E-state index in [1.54, 1.807) is 39.8 Å². The van der Waals surface area contributed by atoms with E-state index in [4.69, 9.17) is 10.5 Å². The van der Waals surface area contributed by atoms with E-state index in [1.165, 1.54) is 6.07 Å². The largest absolute Gasteiger partial charge is 0.505 e. The summed E-state index contributed by atoms with van der Waals surface area (Å²) in [5.74, 6) is -4.79. The van der Waals surface area contributed by atoms with E-state index >= 15 is 0 Å². The van der Waals surface area contributed by atoms with Crippen molar-refractivity contribution >= 4 is 17.7 Å². The summed E-state index contributed by atoms with van der Waals surface area (Å²) < 4.78 is 20.1. The maximum Gasteiger partial charge on any atom is 0.405 e. The molecule has 1 aliphatic rings. The van der Waals surface area contributed by atoms with Crippen LogP contribution in [0.5, 0.6) is 5.75 Å². The number of allylic oxidation sites excluding steroid dienone is 1. The van der Waals surface area contributed by atoms with Gasteiger partial charge in [0.05, 0.1) is 12.2 Å². The lowest BCUT2D eigenvalue weighted by Gasteiger charge is -2.31. The van der Waals surface area contributed by atoms with E-state index in [0.29, 0.717) is 24.0 Å².